The normalized spacial score (nSPS) is 13.9. The van der Waals surface area contributed by atoms with Gasteiger partial charge in [-0.1, -0.05) is 18.2 Å². The van der Waals surface area contributed by atoms with Crippen LogP contribution in [0.1, 0.15) is 18.5 Å². The van der Waals surface area contributed by atoms with Crippen molar-refractivity contribution in [2.24, 2.45) is 7.05 Å². The van der Waals surface area contributed by atoms with Crippen molar-refractivity contribution in [3.63, 3.8) is 0 Å². The first-order chi connectivity index (χ1) is 13.4. The van der Waals surface area contributed by atoms with Gasteiger partial charge >= 0.3 is 5.97 Å². The Hall–Kier alpha value is -3.03. The Labute approximate surface area is 161 Å². The number of aliphatic hydroxyl groups excluding tert-OH is 2. The molecule has 0 spiro atoms. The van der Waals surface area contributed by atoms with Gasteiger partial charge in [0.1, 0.15) is 11.5 Å². The van der Waals surface area contributed by atoms with Gasteiger partial charge in [-0.2, -0.15) is 0 Å². The maximum atomic E-state index is 13.4. The van der Waals surface area contributed by atoms with Gasteiger partial charge < -0.3 is 19.9 Å². The van der Waals surface area contributed by atoms with E-state index in [9.17, 15) is 19.4 Å². The average molecular weight is 384 g/mol. The van der Waals surface area contributed by atoms with Gasteiger partial charge in [-0.05, 0) is 35.9 Å². The zero-order chi connectivity index (χ0) is 20.3. The number of carboxylic acids is 1. The number of halogens is 1. The lowest BCUT2D eigenvalue weighted by Gasteiger charge is -2.11. The highest BCUT2D eigenvalue weighted by atomic mass is 19.1. The second kappa shape index (κ2) is 8.33. The summed E-state index contributed by atoms with van der Waals surface area (Å²) in [7, 11) is 1.84. The maximum absolute atomic E-state index is 13.4. The van der Waals surface area contributed by atoms with E-state index in [0.717, 1.165) is 27.9 Å². The second-order valence-corrected chi connectivity index (χ2v) is 6.61. The molecule has 0 amide bonds. The number of pyridine rings is 1. The monoisotopic (exact) mass is 384 g/mol. The number of hydrogen-bond acceptors (Lipinski definition) is 4. The Kier molecular flexibility index (Phi) is 5.87. The van der Waals surface area contributed by atoms with E-state index >= 15 is 0 Å². The summed E-state index contributed by atoms with van der Waals surface area (Å²) in [4.78, 5) is 15.0. The molecule has 0 saturated carbocycles. The minimum atomic E-state index is -1.14. The fraction of sp³-hybridized carbons (Fsp3) is 0.238. The molecule has 0 fully saturated rings. The largest absolute Gasteiger partial charge is 0.481 e. The molecule has 1 aromatic carbocycles. The van der Waals surface area contributed by atoms with Gasteiger partial charge in [0.15, 0.2) is 0 Å². The summed E-state index contributed by atoms with van der Waals surface area (Å²) < 4.78 is 15.2. The van der Waals surface area contributed by atoms with E-state index in [4.69, 9.17) is 5.11 Å². The molecule has 7 heteroatoms. The number of benzene rings is 1. The number of rotatable bonds is 7. The van der Waals surface area contributed by atoms with E-state index in [1.807, 2.05) is 23.7 Å². The minimum Gasteiger partial charge on any atom is -0.481 e. The van der Waals surface area contributed by atoms with Crippen LogP contribution in [0.5, 0.6) is 0 Å². The molecule has 2 aromatic heterocycles. The molecule has 2 heterocycles. The number of fused-ring (bicyclic) bond motifs is 1. The Morgan fingerprint density at radius 1 is 1.25 bits per heavy atom. The minimum absolute atomic E-state index is 0.0864. The predicted molar refractivity (Wildman–Crippen MR) is 104 cm³/mol. The lowest BCUT2D eigenvalue weighted by Crippen LogP contribution is -2.19. The molecule has 2 atom stereocenters. The molecular formula is C21H21FN2O4. The third-order valence-electron chi connectivity index (χ3n) is 4.52. The molecular weight excluding hydrogens is 363 g/mol. The van der Waals surface area contributed by atoms with Crippen molar-refractivity contribution in [3.05, 3.63) is 60.2 Å². The van der Waals surface area contributed by atoms with Crippen LogP contribution in [0.4, 0.5) is 4.39 Å². The van der Waals surface area contributed by atoms with Crippen LogP contribution in [0.2, 0.25) is 0 Å². The maximum Gasteiger partial charge on any atom is 0.305 e. The van der Waals surface area contributed by atoms with Crippen LogP contribution < -0.4 is 0 Å². The Morgan fingerprint density at radius 3 is 2.64 bits per heavy atom. The van der Waals surface area contributed by atoms with Gasteiger partial charge in [0, 0.05) is 30.6 Å². The molecule has 3 N–H and O–H groups in total. The van der Waals surface area contributed by atoms with Crippen molar-refractivity contribution in [1.29, 1.82) is 0 Å². The van der Waals surface area contributed by atoms with E-state index in [1.165, 1.54) is 18.2 Å². The number of aryl methyl sites for hydroxylation is 1. The Morgan fingerprint density at radius 2 is 1.96 bits per heavy atom. The molecule has 3 rings (SSSR count). The van der Waals surface area contributed by atoms with Gasteiger partial charge in [-0.25, -0.2) is 9.37 Å². The molecule has 0 aliphatic carbocycles. The molecule has 0 aliphatic heterocycles. The first-order valence-corrected chi connectivity index (χ1v) is 8.82. The van der Waals surface area contributed by atoms with Gasteiger partial charge in [0.25, 0.3) is 0 Å². The standard InChI is InChI=1S/C21H21FN2O4/c1-24-18(9-8-15(25)11-16(26)12-19(27)28)20(13-4-6-14(22)7-5-13)17-3-2-10-23-21(17)24/h2-10,15-16,25-26H,11-12H2,1H3,(H,27,28)/b9-8+. The summed E-state index contributed by atoms with van der Waals surface area (Å²) in [6, 6.07) is 9.87. The summed E-state index contributed by atoms with van der Waals surface area (Å²) >= 11 is 0. The molecule has 6 nitrogen and oxygen atoms in total. The third-order valence-corrected chi connectivity index (χ3v) is 4.52. The number of aromatic nitrogens is 2. The lowest BCUT2D eigenvalue weighted by atomic mass is 10.0. The van der Waals surface area contributed by atoms with E-state index in [0.29, 0.717) is 0 Å². The first kappa shape index (κ1) is 19.7. The Bertz CT molecular complexity index is 1010. The van der Waals surface area contributed by atoms with Crippen molar-refractivity contribution >= 4 is 23.1 Å². The van der Waals surface area contributed by atoms with Crippen molar-refractivity contribution in [3.8, 4) is 11.1 Å². The molecule has 3 aromatic rings. The number of aliphatic carboxylic acids is 1. The topological polar surface area (TPSA) is 95.6 Å². The molecule has 0 radical (unpaired) electrons. The zero-order valence-corrected chi connectivity index (χ0v) is 15.3. The van der Waals surface area contributed by atoms with Gasteiger partial charge in [0.2, 0.25) is 0 Å². The van der Waals surface area contributed by atoms with E-state index < -0.39 is 24.6 Å². The van der Waals surface area contributed by atoms with Gasteiger partial charge in [-0.3, -0.25) is 4.79 Å². The third kappa shape index (κ3) is 4.27. The van der Waals surface area contributed by atoms with Crippen molar-refractivity contribution < 1.29 is 24.5 Å². The Balaban J connectivity index is 1.98. The van der Waals surface area contributed by atoms with E-state index in [-0.39, 0.29) is 12.2 Å². The predicted octanol–water partition coefficient (Wildman–Crippen LogP) is 2.98. The van der Waals surface area contributed by atoms with Crippen LogP contribution in [0.3, 0.4) is 0 Å². The summed E-state index contributed by atoms with van der Waals surface area (Å²) in [6.45, 7) is 0. The summed E-state index contributed by atoms with van der Waals surface area (Å²) in [5, 5.41) is 29.4. The number of hydrogen-bond donors (Lipinski definition) is 3. The van der Waals surface area contributed by atoms with Crippen LogP contribution in [-0.4, -0.2) is 43.0 Å². The van der Waals surface area contributed by atoms with Crippen molar-refractivity contribution in [2.45, 2.75) is 25.0 Å². The SMILES string of the molecule is Cn1c(/C=C/C(O)CC(O)CC(=O)O)c(-c2ccc(F)cc2)c2cccnc21. The number of nitrogens with zero attached hydrogens (tertiary/aromatic N) is 2. The molecule has 0 saturated heterocycles. The lowest BCUT2D eigenvalue weighted by molar-refractivity contribution is -0.139. The zero-order valence-electron chi connectivity index (χ0n) is 15.3. The first-order valence-electron chi connectivity index (χ1n) is 8.82. The fourth-order valence-corrected chi connectivity index (χ4v) is 3.24. The van der Waals surface area contributed by atoms with Crippen molar-refractivity contribution in [1.82, 2.24) is 9.55 Å². The molecule has 146 valence electrons. The van der Waals surface area contributed by atoms with Gasteiger partial charge in [-0.15, -0.1) is 0 Å². The van der Waals surface area contributed by atoms with E-state index in [1.54, 1.807) is 24.4 Å². The molecule has 28 heavy (non-hydrogen) atoms. The van der Waals surface area contributed by atoms with Crippen LogP contribution in [-0.2, 0) is 11.8 Å². The highest BCUT2D eigenvalue weighted by Crippen LogP contribution is 2.34. The van der Waals surface area contributed by atoms with Crippen LogP contribution in [0, 0.1) is 5.82 Å². The average Bonchev–Trinajstić information content (AvgIpc) is 2.92. The fourth-order valence-electron chi connectivity index (χ4n) is 3.24. The van der Waals surface area contributed by atoms with Crippen LogP contribution in [0.15, 0.2) is 48.7 Å². The quantitative estimate of drug-likeness (QED) is 0.582. The number of aliphatic hydroxyl groups is 2. The molecule has 0 bridgehead atoms. The van der Waals surface area contributed by atoms with Crippen LogP contribution >= 0.6 is 0 Å². The summed E-state index contributed by atoms with van der Waals surface area (Å²) in [5.41, 5.74) is 3.15. The van der Waals surface area contributed by atoms with Crippen LogP contribution in [0.25, 0.3) is 28.2 Å². The molecule has 2 unspecified atom stereocenters. The van der Waals surface area contributed by atoms with Gasteiger partial charge in [0.05, 0.1) is 24.3 Å². The van der Waals surface area contributed by atoms with Crippen molar-refractivity contribution in [2.75, 3.05) is 0 Å². The summed E-state index contributed by atoms with van der Waals surface area (Å²) in [6.07, 6.45) is 2.23. The molecule has 0 aliphatic rings. The smallest absolute Gasteiger partial charge is 0.305 e. The number of carbonyl (C=O) groups is 1. The summed E-state index contributed by atoms with van der Waals surface area (Å²) in [5.74, 6) is -1.45. The highest BCUT2D eigenvalue weighted by molar-refractivity contribution is 5.99. The second-order valence-electron chi connectivity index (χ2n) is 6.61. The van der Waals surface area contributed by atoms with E-state index in [2.05, 4.69) is 4.98 Å². The highest BCUT2D eigenvalue weighted by Gasteiger charge is 2.17. The number of carboxylic acid groups (broad SMARTS) is 1.